The van der Waals surface area contributed by atoms with Crippen molar-refractivity contribution in [3.05, 3.63) is 28.5 Å². The van der Waals surface area contributed by atoms with Gasteiger partial charge in [0.2, 0.25) is 0 Å². The Labute approximate surface area is 78.4 Å². The second kappa shape index (κ2) is 3.58. The summed E-state index contributed by atoms with van der Waals surface area (Å²) in [4.78, 5) is 10.2. The number of hydrogen-bond acceptors (Lipinski definition) is 1. The molecule has 0 aliphatic rings. The second-order valence-corrected chi connectivity index (χ2v) is 3.12. The minimum absolute atomic E-state index is 0.851. The van der Waals surface area contributed by atoms with Crippen molar-refractivity contribution in [2.75, 3.05) is 0 Å². The van der Waals surface area contributed by atoms with E-state index in [0.29, 0.717) is 0 Å². The largest absolute Gasteiger partial charge is 0.478 e. The van der Waals surface area contributed by atoms with Crippen LogP contribution in [0.3, 0.4) is 0 Å². The number of carbonyl (C=O) groups is 1. The number of nitrogens with zero attached hydrogens (tertiary/aromatic N) is 1. The van der Waals surface area contributed by atoms with Gasteiger partial charge >= 0.3 is 5.97 Å². The predicted molar refractivity (Wildman–Crippen MR) is 49.8 cm³/mol. The Bertz CT molecular complexity index is 328. The van der Waals surface area contributed by atoms with E-state index < -0.39 is 5.97 Å². The molecule has 0 saturated heterocycles. The van der Waals surface area contributed by atoms with E-state index in [2.05, 4.69) is 15.9 Å². The Kier molecular flexibility index (Phi) is 2.70. The summed E-state index contributed by atoms with van der Waals surface area (Å²) >= 11 is 3.30. The first-order valence-electron chi connectivity index (χ1n) is 3.33. The molecule has 4 heteroatoms. The van der Waals surface area contributed by atoms with E-state index in [1.54, 1.807) is 6.08 Å². The van der Waals surface area contributed by atoms with Gasteiger partial charge in [-0.05, 0) is 34.1 Å². The molecule has 0 atom stereocenters. The quantitative estimate of drug-likeness (QED) is 0.788. The third-order valence-electron chi connectivity index (χ3n) is 1.50. The zero-order valence-corrected chi connectivity index (χ0v) is 8.08. The highest BCUT2D eigenvalue weighted by molar-refractivity contribution is 9.10. The minimum Gasteiger partial charge on any atom is -0.478 e. The third-order valence-corrected chi connectivity index (χ3v) is 2.29. The van der Waals surface area contributed by atoms with Crippen LogP contribution in [0, 0.1) is 0 Å². The molecule has 0 radical (unpaired) electrons. The molecular formula is C8H8BrNO2. The van der Waals surface area contributed by atoms with Crippen LogP contribution in [-0.4, -0.2) is 15.6 Å². The first kappa shape index (κ1) is 9.06. The van der Waals surface area contributed by atoms with Crippen molar-refractivity contribution >= 4 is 28.0 Å². The lowest BCUT2D eigenvalue weighted by atomic mass is 10.4. The maximum absolute atomic E-state index is 10.2. The molecule has 0 bridgehead atoms. The van der Waals surface area contributed by atoms with Crippen LogP contribution in [0.15, 0.2) is 22.8 Å². The number of carboxylic acids is 1. The molecule has 1 N–H and O–H groups in total. The molecule has 12 heavy (non-hydrogen) atoms. The Morgan fingerprint density at radius 2 is 2.33 bits per heavy atom. The molecule has 0 amide bonds. The van der Waals surface area contributed by atoms with Crippen LogP contribution in [0.4, 0.5) is 0 Å². The minimum atomic E-state index is -0.938. The van der Waals surface area contributed by atoms with Crippen molar-refractivity contribution in [2.45, 2.75) is 0 Å². The van der Waals surface area contributed by atoms with Crippen molar-refractivity contribution in [3.8, 4) is 0 Å². The maximum atomic E-state index is 10.2. The number of aromatic nitrogens is 1. The van der Waals surface area contributed by atoms with Gasteiger partial charge in [0.05, 0.1) is 4.60 Å². The summed E-state index contributed by atoms with van der Waals surface area (Å²) in [6.07, 6.45) is 2.66. The highest BCUT2D eigenvalue weighted by Crippen LogP contribution is 2.14. The summed E-state index contributed by atoms with van der Waals surface area (Å²) in [7, 11) is 1.85. The number of carboxylic acid groups (broad SMARTS) is 1. The molecule has 0 aliphatic carbocycles. The lowest BCUT2D eigenvalue weighted by Crippen LogP contribution is -1.91. The van der Waals surface area contributed by atoms with Gasteiger partial charge in [0, 0.05) is 18.8 Å². The fourth-order valence-electron chi connectivity index (χ4n) is 0.825. The summed E-state index contributed by atoms with van der Waals surface area (Å²) in [5.74, 6) is -0.938. The van der Waals surface area contributed by atoms with Gasteiger partial charge in [-0.15, -0.1) is 0 Å². The molecule has 0 aliphatic heterocycles. The van der Waals surface area contributed by atoms with E-state index in [9.17, 15) is 4.79 Å². The zero-order valence-electron chi connectivity index (χ0n) is 6.49. The normalized spacial score (nSPS) is 10.8. The van der Waals surface area contributed by atoms with Crippen LogP contribution in [-0.2, 0) is 11.8 Å². The molecule has 1 aromatic heterocycles. The molecule has 0 aromatic carbocycles. The maximum Gasteiger partial charge on any atom is 0.328 e. The average Bonchev–Trinajstić information content (AvgIpc) is 2.30. The van der Waals surface area contributed by atoms with Crippen molar-refractivity contribution in [2.24, 2.45) is 7.05 Å². The fourth-order valence-corrected chi connectivity index (χ4v) is 1.16. The molecule has 0 unspecified atom stereocenters. The van der Waals surface area contributed by atoms with Gasteiger partial charge in [-0.1, -0.05) is 0 Å². The highest BCUT2D eigenvalue weighted by Gasteiger charge is 1.97. The monoisotopic (exact) mass is 229 g/mol. The lowest BCUT2D eigenvalue weighted by Gasteiger charge is -1.96. The van der Waals surface area contributed by atoms with Crippen molar-refractivity contribution < 1.29 is 9.90 Å². The van der Waals surface area contributed by atoms with E-state index in [-0.39, 0.29) is 0 Å². The summed E-state index contributed by atoms with van der Waals surface area (Å²) in [6.45, 7) is 0. The summed E-state index contributed by atoms with van der Waals surface area (Å²) in [5.41, 5.74) is 0.851. The van der Waals surface area contributed by atoms with Gasteiger partial charge in [-0.25, -0.2) is 4.79 Å². The van der Waals surface area contributed by atoms with Crippen molar-refractivity contribution in [1.29, 1.82) is 0 Å². The average molecular weight is 230 g/mol. The Morgan fingerprint density at radius 1 is 1.67 bits per heavy atom. The van der Waals surface area contributed by atoms with E-state index in [1.807, 2.05) is 23.7 Å². The SMILES string of the molecule is Cn1c(Br)ccc1/C=C/C(=O)O. The molecule has 0 spiro atoms. The van der Waals surface area contributed by atoms with Crippen LogP contribution in [0.2, 0.25) is 0 Å². The summed E-state index contributed by atoms with van der Waals surface area (Å²) < 4.78 is 2.77. The van der Waals surface area contributed by atoms with Gasteiger partial charge in [0.1, 0.15) is 0 Å². The fraction of sp³-hybridized carbons (Fsp3) is 0.125. The highest BCUT2D eigenvalue weighted by atomic mass is 79.9. The van der Waals surface area contributed by atoms with Crippen LogP contribution in [0.1, 0.15) is 5.69 Å². The van der Waals surface area contributed by atoms with E-state index in [0.717, 1.165) is 16.4 Å². The van der Waals surface area contributed by atoms with Gasteiger partial charge in [0.15, 0.2) is 0 Å². The Hall–Kier alpha value is -1.03. The van der Waals surface area contributed by atoms with Crippen LogP contribution in [0.5, 0.6) is 0 Å². The zero-order chi connectivity index (χ0) is 9.14. The van der Waals surface area contributed by atoms with Crippen molar-refractivity contribution in [3.63, 3.8) is 0 Å². The smallest absolute Gasteiger partial charge is 0.328 e. The van der Waals surface area contributed by atoms with Gasteiger partial charge in [-0.3, -0.25) is 0 Å². The molecular weight excluding hydrogens is 222 g/mol. The molecule has 3 nitrogen and oxygen atoms in total. The Morgan fingerprint density at radius 3 is 2.75 bits per heavy atom. The van der Waals surface area contributed by atoms with E-state index in [1.165, 1.54) is 0 Å². The van der Waals surface area contributed by atoms with Crippen molar-refractivity contribution in [1.82, 2.24) is 4.57 Å². The van der Waals surface area contributed by atoms with E-state index >= 15 is 0 Å². The molecule has 0 fully saturated rings. The molecule has 1 rings (SSSR count). The van der Waals surface area contributed by atoms with Gasteiger partial charge in [-0.2, -0.15) is 0 Å². The number of rotatable bonds is 2. The standard InChI is InChI=1S/C8H8BrNO2/c1-10-6(2-4-7(10)9)3-5-8(11)12/h2-5H,1H3,(H,11,12)/b5-3+. The number of hydrogen-bond donors (Lipinski definition) is 1. The Balaban J connectivity index is 2.90. The van der Waals surface area contributed by atoms with Crippen LogP contribution < -0.4 is 0 Å². The molecule has 64 valence electrons. The predicted octanol–water partition coefficient (Wildman–Crippen LogP) is 1.89. The first-order valence-corrected chi connectivity index (χ1v) is 4.13. The molecule has 1 heterocycles. The topological polar surface area (TPSA) is 42.2 Å². The second-order valence-electron chi connectivity index (χ2n) is 2.31. The first-order chi connectivity index (χ1) is 5.61. The molecule has 1 aromatic rings. The van der Waals surface area contributed by atoms with Gasteiger partial charge < -0.3 is 9.67 Å². The number of halogens is 1. The third kappa shape index (κ3) is 1.98. The summed E-state index contributed by atoms with van der Waals surface area (Å²) in [6, 6.07) is 3.70. The van der Waals surface area contributed by atoms with Crippen LogP contribution >= 0.6 is 15.9 Å². The molecule has 0 saturated carbocycles. The van der Waals surface area contributed by atoms with Gasteiger partial charge in [0.25, 0.3) is 0 Å². The lowest BCUT2D eigenvalue weighted by molar-refractivity contribution is -0.131. The van der Waals surface area contributed by atoms with Crippen LogP contribution in [0.25, 0.3) is 6.08 Å². The van der Waals surface area contributed by atoms with E-state index in [4.69, 9.17) is 5.11 Å². The summed E-state index contributed by atoms with van der Waals surface area (Å²) in [5, 5.41) is 8.36. The number of aliphatic carboxylic acids is 1.